The van der Waals surface area contributed by atoms with E-state index in [-0.39, 0.29) is 12.0 Å². The van der Waals surface area contributed by atoms with Crippen LogP contribution in [0, 0.1) is 10.6 Å². The van der Waals surface area contributed by atoms with Gasteiger partial charge in [-0.25, -0.2) is 0 Å². The van der Waals surface area contributed by atoms with E-state index < -0.39 is 23.8 Å². The Morgan fingerprint density at radius 1 is 1.08 bits per heavy atom. The van der Waals surface area contributed by atoms with Crippen molar-refractivity contribution in [1.29, 1.82) is 0 Å². The first-order valence-corrected chi connectivity index (χ1v) is 13.0. The SMILES string of the molecule is CC[C@]1(Cc2ccc(OC)c(OC)c2)C=[N+]([O-])O[C@H](OC2CCCCC2c2ccccc2)[C@@H]1OC(C)=O. The molecule has 0 N–H and O–H groups in total. The number of ether oxygens (including phenoxy) is 4. The fourth-order valence-electron chi connectivity index (χ4n) is 5.64. The highest BCUT2D eigenvalue weighted by atomic mass is 16.9. The van der Waals surface area contributed by atoms with Gasteiger partial charge in [-0.15, -0.1) is 0 Å². The number of esters is 1. The third kappa shape index (κ3) is 6.01. The highest BCUT2D eigenvalue weighted by Crippen LogP contribution is 2.42. The molecule has 4 rings (SSSR count). The van der Waals surface area contributed by atoms with Crippen molar-refractivity contribution in [2.24, 2.45) is 5.41 Å². The fraction of sp³-hybridized carbons (Fsp3) is 0.517. The largest absolute Gasteiger partial charge is 0.493 e. The first-order chi connectivity index (χ1) is 17.9. The molecule has 8 nitrogen and oxygen atoms in total. The van der Waals surface area contributed by atoms with Gasteiger partial charge in [-0.2, -0.15) is 0 Å². The summed E-state index contributed by atoms with van der Waals surface area (Å²) in [4.78, 5) is 18.4. The molecule has 2 aromatic rings. The third-order valence-corrected chi connectivity index (χ3v) is 7.56. The van der Waals surface area contributed by atoms with Gasteiger partial charge in [0.1, 0.15) is 0 Å². The fourth-order valence-corrected chi connectivity index (χ4v) is 5.64. The van der Waals surface area contributed by atoms with Crippen LogP contribution in [-0.4, -0.2) is 49.8 Å². The van der Waals surface area contributed by atoms with E-state index in [1.165, 1.54) is 18.7 Å². The van der Waals surface area contributed by atoms with Crippen molar-refractivity contribution < 1.29 is 33.5 Å². The number of carbonyl (C=O) groups excluding carboxylic acids is 1. The first kappa shape index (κ1) is 26.8. The van der Waals surface area contributed by atoms with Crippen molar-refractivity contribution >= 4 is 12.2 Å². The van der Waals surface area contributed by atoms with Crippen LogP contribution in [0.3, 0.4) is 0 Å². The zero-order valence-electron chi connectivity index (χ0n) is 22.1. The summed E-state index contributed by atoms with van der Waals surface area (Å²) in [5, 5.41) is 12.9. The average molecular weight is 512 g/mol. The van der Waals surface area contributed by atoms with Crippen LogP contribution in [-0.2, 0) is 25.5 Å². The van der Waals surface area contributed by atoms with Crippen molar-refractivity contribution in [3.05, 3.63) is 64.9 Å². The van der Waals surface area contributed by atoms with E-state index in [2.05, 4.69) is 12.1 Å². The second-order valence-electron chi connectivity index (χ2n) is 9.85. The molecule has 0 saturated heterocycles. The molecular weight excluding hydrogens is 474 g/mol. The molecule has 1 heterocycles. The molecule has 1 aliphatic heterocycles. The molecule has 2 aliphatic rings. The molecule has 0 spiro atoms. The smallest absolute Gasteiger partial charge is 0.303 e. The van der Waals surface area contributed by atoms with E-state index in [0.29, 0.717) is 29.2 Å². The Labute approximate surface area is 218 Å². The molecular formula is C29H37NO7. The lowest BCUT2D eigenvalue weighted by atomic mass is 9.74. The van der Waals surface area contributed by atoms with Crippen LogP contribution in [0.1, 0.15) is 63.0 Å². The van der Waals surface area contributed by atoms with E-state index in [1.807, 2.05) is 43.3 Å². The Morgan fingerprint density at radius 2 is 1.81 bits per heavy atom. The van der Waals surface area contributed by atoms with Crippen LogP contribution in [0.25, 0.3) is 0 Å². The summed E-state index contributed by atoms with van der Waals surface area (Å²) in [6.45, 7) is 3.34. The summed E-state index contributed by atoms with van der Waals surface area (Å²) in [5.41, 5.74) is 1.25. The van der Waals surface area contributed by atoms with E-state index >= 15 is 0 Å². The summed E-state index contributed by atoms with van der Waals surface area (Å²) >= 11 is 0. The predicted octanol–water partition coefficient (Wildman–Crippen LogP) is 5.17. The van der Waals surface area contributed by atoms with Gasteiger partial charge in [0, 0.05) is 17.7 Å². The normalized spacial score (nSPS) is 27.5. The molecule has 0 radical (unpaired) electrons. The molecule has 8 heteroatoms. The topological polar surface area (TPSA) is 89.3 Å². The molecule has 5 atom stereocenters. The summed E-state index contributed by atoms with van der Waals surface area (Å²) in [7, 11) is 3.16. The van der Waals surface area contributed by atoms with Crippen LogP contribution < -0.4 is 9.47 Å². The summed E-state index contributed by atoms with van der Waals surface area (Å²) in [6.07, 6.45) is 4.33. The highest BCUT2D eigenvalue weighted by Gasteiger charge is 2.51. The van der Waals surface area contributed by atoms with Crippen molar-refractivity contribution in [2.45, 2.75) is 76.8 Å². The Balaban J connectivity index is 1.66. The van der Waals surface area contributed by atoms with Crippen molar-refractivity contribution in [1.82, 2.24) is 0 Å². The third-order valence-electron chi connectivity index (χ3n) is 7.56. The van der Waals surface area contributed by atoms with Gasteiger partial charge in [0.25, 0.3) is 0 Å². The maximum atomic E-state index is 12.9. The molecule has 200 valence electrons. The van der Waals surface area contributed by atoms with Gasteiger partial charge in [0.2, 0.25) is 12.5 Å². The van der Waals surface area contributed by atoms with Crippen molar-refractivity contribution in [2.75, 3.05) is 14.2 Å². The summed E-state index contributed by atoms with van der Waals surface area (Å²) in [5.74, 6) is 0.912. The van der Waals surface area contributed by atoms with Gasteiger partial charge in [-0.05, 0) is 48.9 Å². The van der Waals surface area contributed by atoms with Crippen LogP contribution in [0.4, 0.5) is 0 Å². The molecule has 37 heavy (non-hydrogen) atoms. The predicted molar refractivity (Wildman–Crippen MR) is 139 cm³/mol. The lowest BCUT2D eigenvalue weighted by molar-refractivity contribution is -0.775. The van der Waals surface area contributed by atoms with Crippen molar-refractivity contribution in [3.63, 3.8) is 0 Å². The van der Waals surface area contributed by atoms with Gasteiger partial charge in [0.05, 0.1) is 25.7 Å². The Bertz CT molecular complexity index is 1090. The minimum Gasteiger partial charge on any atom is -0.493 e. The standard InChI is InChI=1S/C29H37NO7/c1-5-29(18-21-15-16-25(33-3)26(17-21)34-4)19-30(32)37-28(27(29)35-20(2)31)36-24-14-10-9-13-23(24)22-11-7-6-8-12-22/h6-8,11-12,15-17,19,23-24,27-28H,5,9-10,13-14,18H2,1-4H3/t23?,24?,27-,28-,29-/m0/s1. The number of methoxy groups -OCH3 is 2. The van der Waals surface area contributed by atoms with Crippen LogP contribution in [0.15, 0.2) is 48.5 Å². The zero-order valence-corrected chi connectivity index (χ0v) is 22.1. The Hall–Kier alpha value is -3.26. The molecule has 1 aliphatic carbocycles. The van der Waals surface area contributed by atoms with E-state index in [4.69, 9.17) is 23.8 Å². The average Bonchev–Trinajstić information content (AvgIpc) is 2.91. The lowest BCUT2D eigenvalue weighted by Gasteiger charge is -2.44. The molecule has 0 amide bonds. The molecule has 1 fully saturated rings. The van der Waals surface area contributed by atoms with Gasteiger partial charge < -0.3 is 23.8 Å². The van der Waals surface area contributed by atoms with Crippen LogP contribution in [0.2, 0.25) is 0 Å². The minimum absolute atomic E-state index is 0.165. The summed E-state index contributed by atoms with van der Waals surface area (Å²) < 4.78 is 23.3. The molecule has 0 bridgehead atoms. The van der Waals surface area contributed by atoms with Gasteiger partial charge in [-0.1, -0.05) is 56.2 Å². The maximum Gasteiger partial charge on any atom is 0.303 e. The number of benzene rings is 2. The van der Waals surface area contributed by atoms with Gasteiger partial charge >= 0.3 is 5.97 Å². The number of nitrogens with zero attached hydrogens (tertiary/aromatic N) is 1. The van der Waals surface area contributed by atoms with E-state index in [0.717, 1.165) is 31.2 Å². The second kappa shape index (κ2) is 11.9. The first-order valence-electron chi connectivity index (χ1n) is 13.0. The van der Waals surface area contributed by atoms with Gasteiger partial charge in [0.15, 0.2) is 17.6 Å². The lowest BCUT2D eigenvalue weighted by Crippen LogP contribution is -2.56. The molecule has 1 saturated carbocycles. The van der Waals surface area contributed by atoms with Gasteiger partial charge in [-0.3, -0.25) is 10.0 Å². The quantitative estimate of drug-likeness (QED) is 0.339. The number of rotatable bonds is 9. The molecule has 2 unspecified atom stereocenters. The second-order valence-corrected chi connectivity index (χ2v) is 9.85. The Kier molecular flexibility index (Phi) is 8.59. The van der Waals surface area contributed by atoms with Crippen LogP contribution in [0.5, 0.6) is 11.5 Å². The number of hydrogen-bond donors (Lipinski definition) is 0. The molecule has 2 aromatic carbocycles. The number of carbonyl (C=O) groups is 1. The highest BCUT2D eigenvalue weighted by molar-refractivity contribution is 5.69. The monoisotopic (exact) mass is 511 g/mol. The Morgan fingerprint density at radius 3 is 2.49 bits per heavy atom. The minimum atomic E-state index is -1.04. The zero-order chi connectivity index (χ0) is 26.4. The number of hydrogen-bond acceptors (Lipinski definition) is 7. The van der Waals surface area contributed by atoms with E-state index in [9.17, 15) is 10.0 Å². The summed E-state index contributed by atoms with van der Waals surface area (Å²) in [6, 6.07) is 15.9. The van der Waals surface area contributed by atoms with Crippen molar-refractivity contribution in [3.8, 4) is 11.5 Å². The van der Waals surface area contributed by atoms with E-state index in [1.54, 1.807) is 14.2 Å². The maximum absolute atomic E-state index is 12.9. The van der Waals surface area contributed by atoms with Crippen LogP contribution >= 0.6 is 0 Å². The molecule has 0 aromatic heterocycles.